The van der Waals surface area contributed by atoms with Gasteiger partial charge < -0.3 is 38.5 Å². The number of carbonyl (C=O) groups is 8. The monoisotopic (exact) mass is 1790 g/mol. The minimum Gasteiger partial charge on any atom is -0.461 e. The molecule has 12 unspecified atom stereocenters. The van der Waals surface area contributed by atoms with Gasteiger partial charge in [-0.25, -0.2) is 0 Å². The minimum atomic E-state index is -0.108. The Balaban J connectivity index is 0.000000172. The summed E-state index contributed by atoms with van der Waals surface area (Å²) in [5.41, 5.74) is 1.18. The van der Waals surface area contributed by atoms with Crippen LogP contribution in [-0.4, -0.2) is 217 Å². The van der Waals surface area contributed by atoms with Crippen LogP contribution in [0.2, 0.25) is 0 Å². The van der Waals surface area contributed by atoms with Gasteiger partial charge in [-0.1, -0.05) is 149 Å². The lowest BCUT2D eigenvalue weighted by molar-refractivity contribution is -0.162. The first-order chi connectivity index (χ1) is 58.4. The molecule has 13 fully saturated rings. The molecule has 0 amide bonds. The molecule has 1 saturated heterocycles. The molecule has 704 valence electrons. The minimum absolute atomic E-state index is 0.0722. The molecule has 0 aromatic heterocycles. The highest BCUT2D eigenvalue weighted by atomic mass is 32.2. The molecule has 13 aliphatic rings. The molecule has 0 aromatic rings. The van der Waals surface area contributed by atoms with E-state index in [0.29, 0.717) is 69.8 Å². The number of likely N-dealkylation sites (tertiary alicyclic amines) is 1. The van der Waals surface area contributed by atoms with Crippen LogP contribution in [0.4, 0.5) is 0 Å². The molecule has 20 heteroatoms. The van der Waals surface area contributed by atoms with Crippen LogP contribution in [0, 0.1) is 114 Å². The second kappa shape index (κ2) is 46.4. The molecule has 1 aliphatic heterocycles. The average Bonchev–Trinajstić information content (AvgIpc) is 1.65. The van der Waals surface area contributed by atoms with Crippen LogP contribution < -0.4 is 0 Å². The van der Waals surface area contributed by atoms with Crippen molar-refractivity contribution < 1.29 is 57.3 Å². The van der Waals surface area contributed by atoms with E-state index in [0.717, 1.165) is 204 Å². The second-order valence-corrected chi connectivity index (χ2v) is 49.7. The van der Waals surface area contributed by atoms with E-state index in [1.807, 2.05) is 0 Å². The molecular weight excluding hydrogens is 1610 g/mol. The number of ether oxygens (including phenoxy) is 4. The summed E-state index contributed by atoms with van der Waals surface area (Å²) >= 11 is 6.77. The van der Waals surface area contributed by atoms with Crippen LogP contribution in [0.5, 0.6) is 0 Å². The van der Waals surface area contributed by atoms with Gasteiger partial charge in [0.05, 0.1) is 23.0 Å². The SMILES string of the molecule is CCCCN(CCCC)CCSCC(=O)O[C@@H]1CC(C)(C)[C@@H](C)CC23CCCC1C2C(=O)CC3.CCN(CC)CCSCC(=O)O[C@@H]1CC(C)(C)[C@@H](C)CC23CCCC1C2C(=O)CC3.C[C@H]1CC23CCCC(C2C(=O)CC3)[C@H](OC(=O)CSCCCN(C)C)CC1(C)C.C[C@H]1CC23CCCC(C2C(=O)CC3)[C@H](OC(=O)CSCCN2CCCC2)CC1(C)C. The highest BCUT2D eigenvalue weighted by Gasteiger charge is 2.63. The van der Waals surface area contributed by atoms with E-state index in [1.54, 1.807) is 47.0 Å². The van der Waals surface area contributed by atoms with Crippen molar-refractivity contribution in [1.29, 1.82) is 0 Å². The van der Waals surface area contributed by atoms with Gasteiger partial charge in [-0.2, -0.15) is 11.8 Å². The van der Waals surface area contributed by atoms with Gasteiger partial charge in [0.15, 0.2) is 0 Å². The van der Waals surface area contributed by atoms with Gasteiger partial charge in [-0.3, -0.25) is 38.4 Å². The first kappa shape index (κ1) is 103. The number of thioether (sulfide) groups is 4. The fourth-order valence-corrected chi connectivity index (χ4v) is 30.0. The van der Waals surface area contributed by atoms with Gasteiger partial charge in [-0.15, -0.1) is 35.3 Å². The zero-order valence-electron chi connectivity index (χ0n) is 81.0. The third kappa shape index (κ3) is 26.6. The molecule has 0 aromatic carbocycles. The zero-order chi connectivity index (χ0) is 89.3. The van der Waals surface area contributed by atoms with Gasteiger partial charge >= 0.3 is 23.9 Å². The molecule has 1 heterocycles. The van der Waals surface area contributed by atoms with Gasteiger partial charge in [-0.05, 0) is 293 Å². The number of rotatable bonds is 33. The van der Waals surface area contributed by atoms with E-state index < -0.39 is 0 Å². The van der Waals surface area contributed by atoms with Gasteiger partial charge in [0, 0.05) is 110 Å². The Morgan fingerprint density at radius 3 is 0.927 bits per heavy atom. The molecule has 13 rings (SSSR count). The summed E-state index contributed by atoms with van der Waals surface area (Å²) in [6.45, 7) is 48.0. The van der Waals surface area contributed by atoms with E-state index in [-0.39, 0.29) is 139 Å². The molecule has 20 atom stereocenters. The molecule has 12 saturated carbocycles. The van der Waals surface area contributed by atoms with Crippen molar-refractivity contribution in [2.45, 2.75) is 360 Å². The Kier molecular flexibility index (Phi) is 38.9. The van der Waals surface area contributed by atoms with Crippen LogP contribution >= 0.6 is 47.0 Å². The Labute approximate surface area is 765 Å². The number of Topliss-reactive ketones (excluding diaryl/α,β-unsaturated/α-hetero) is 4. The van der Waals surface area contributed by atoms with Gasteiger partial charge in [0.1, 0.15) is 47.5 Å². The van der Waals surface area contributed by atoms with Crippen LogP contribution in [0.1, 0.15) is 336 Å². The maximum atomic E-state index is 13.1. The lowest BCUT2D eigenvalue weighted by Gasteiger charge is -2.52. The smallest absolute Gasteiger partial charge is 0.316 e. The lowest BCUT2D eigenvalue weighted by atomic mass is 9.53. The van der Waals surface area contributed by atoms with Crippen LogP contribution in [-0.2, 0) is 57.3 Å². The van der Waals surface area contributed by atoms with Crippen molar-refractivity contribution in [2.24, 2.45) is 114 Å². The molecule has 0 N–H and O–H groups in total. The van der Waals surface area contributed by atoms with Crippen LogP contribution in [0.25, 0.3) is 0 Å². The number of hydrogen-bond donors (Lipinski definition) is 0. The quantitative estimate of drug-likeness (QED) is 0.0343. The molecule has 123 heavy (non-hydrogen) atoms. The first-order valence-electron chi connectivity index (χ1n) is 50.4. The molecular formula is C103H176N4O12S4. The summed E-state index contributed by atoms with van der Waals surface area (Å²) in [5.74, 6) is 10.7. The van der Waals surface area contributed by atoms with Crippen molar-refractivity contribution in [1.82, 2.24) is 19.6 Å². The van der Waals surface area contributed by atoms with Crippen molar-refractivity contribution in [3.8, 4) is 0 Å². The highest BCUT2D eigenvalue weighted by molar-refractivity contribution is 8.00. The van der Waals surface area contributed by atoms with Crippen LogP contribution in [0.15, 0.2) is 0 Å². The summed E-state index contributed by atoms with van der Waals surface area (Å²) in [5, 5.41) is 0. The molecule has 0 radical (unpaired) electrons. The number of ketones is 4. The van der Waals surface area contributed by atoms with E-state index in [1.165, 1.54) is 109 Å². The first-order valence-corrected chi connectivity index (χ1v) is 55.0. The fourth-order valence-electron chi connectivity index (χ4n) is 27.0. The summed E-state index contributed by atoms with van der Waals surface area (Å²) < 4.78 is 24.8. The Hall–Kier alpha value is -2.20. The number of carbonyl (C=O) groups excluding carboxylic acids is 8. The van der Waals surface area contributed by atoms with E-state index in [4.69, 9.17) is 18.9 Å². The number of unbranched alkanes of at least 4 members (excludes halogenated alkanes) is 2. The average molecular weight is 1790 g/mol. The molecule has 12 aliphatic carbocycles. The summed E-state index contributed by atoms with van der Waals surface area (Å²) in [4.78, 5) is 113. The van der Waals surface area contributed by atoms with Crippen LogP contribution in [0.3, 0.4) is 0 Å². The van der Waals surface area contributed by atoms with Gasteiger partial charge in [0.25, 0.3) is 0 Å². The number of esters is 4. The Morgan fingerprint density at radius 1 is 0.358 bits per heavy atom. The summed E-state index contributed by atoms with van der Waals surface area (Å²) in [6.07, 6.45) is 37.2. The van der Waals surface area contributed by atoms with Crippen molar-refractivity contribution in [2.75, 3.05) is 126 Å². The fraction of sp³-hybridized carbons (Fsp3) is 0.922. The maximum absolute atomic E-state index is 13.1. The predicted molar refractivity (Wildman–Crippen MR) is 510 cm³/mol. The number of nitrogens with zero attached hydrogens (tertiary/aromatic N) is 4. The van der Waals surface area contributed by atoms with E-state index in [9.17, 15) is 38.4 Å². The summed E-state index contributed by atoms with van der Waals surface area (Å²) in [7, 11) is 4.15. The van der Waals surface area contributed by atoms with Crippen molar-refractivity contribution in [3.63, 3.8) is 0 Å². The van der Waals surface area contributed by atoms with Crippen molar-refractivity contribution >= 4 is 94.1 Å². The standard InChI is InChI=1S/C29H51NO3S.C25H41NO3S.C25H43NO3S.C24H41NO3S/c1-6-8-15-30(16-9-7-2)17-18-34-21-26(32)33-25-20-28(4,5)22(3)19-29-13-10-11-23(25)27(29)24(31)12-14-29;1-18-15-25-9-6-7-19(23(25)20(27)8-10-25)21(16-24(18,2)3)29-22(28)17-30-14-13-26-11-4-5-12-26;1-6-26(7-2)13-14-30-17-22(28)29-21-16-24(4,5)18(3)15-25-11-8-9-19(21)23(25)20(27)10-12-25;1-17-14-24-10-6-8-18(22(24)19(26)9-11-24)20(15-23(17,2)3)28-21(27)16-29-13-7-12-25(4)5/h22-23,25,27H,6-21H2,1-5H3;18-19,21,23H,4-17H2,1-3H3;18-19,21,23H,6-17H2,1-5H3;17-18,20,22H,6-16H2,1-5H3/t22-,23?,25+,27?,29?;2*18-,19?,21+,23?,25?;17-,18?,20+,22?,24?/m0000/s1. The van der Waals surface area contributed by atoms with Gasteiger partial charge in [0.2, 0.25) is 0 Å². The topological polar surface area (TPSA) is 186 Å². The molecule has 8 bridgehead atoms. The Bertz CT molecular complexity index is 3310. The van der Waals surface area contributed by atoms with Crippen molar-refractivity contribution in [3.05, 3.63) is 0 Å². The molecule has 16 nitrogen and oxygen atoms in total. The maximum Gasteiger partial charge on any atom is 0.316 e. The second-order valence-electron chi connectivity index (χ2n) is 45.2. The highest BCUT2D eigenvalue weighted by Crippen LogP contribution is 2.66. The largest absolute Gasteiger partial charge is 0.461 e. The normalized spacial score (nSPS) is 35.8. The third-order valence-corrected chi connectivity index (χ3v) is 39.1. The zero-order valence-corrected chi connectivity index (χ0v) is 84.3. The summed E-state index contributed by atoms with van der Waals surface area (Å²) in [6, 6.07) is 0. The third-order valence-electron chi connectivity index (χ3n) is 35.4. The molecule has 0 spiro atoms. The lowest BCUT2D eigenvalue weighted by Crippen LogP contribution is -2.50. The van der Waals surface area contributed by atoms with E-state index in [2.05, 4.69) is 144 Å². The Morgan fingerprint density at radius 2 is 0.642 bits per heavy atom. The van der Waals surface area contributed by atoms with E-state index >= 15 is 0 Å². The predicted octanol–water partition coefficient (Wildman–Crippen LogP) is 21.7. The number of hydrogen-bond acceptors (Lipinski definition) is 20.